The van der Waals surface area contributed by atoms with Crippen LogP contribution in [0, 0.1) is 5.92 Å². The Bertz CT molecular complexity index is 36.9. The van der Waals surface area contributed by atoms with E-state index < -0.39 is 0 Å². The molecule has 1 heteroatoms. The molecule has 5 heavy (non-hydrogen) atoms. The van der Waals surface area contributed by atoms with Crippen molar-refractivity contribution >= 4 is 7.85 Å². The van der Waals surface area contributed by atoms with Gasteiger partial charge < -0.3 is 0 Å². The lowest BCUT2D eigenvalue weighted by atomic mass is 10.0. The van der Waals surface area contributed by atoms with Gasteiger partial charge in [0.2, 0.25) is 0 Å². The summed E-state index contributed by atoms with van der Waals surface area (Å²) in [5, 5.41) is 0. The summed E-state index contributed by atoms with van der Waals surface area (Å²) in [5.74, 6) is 1.38. The Balaban J connectivity index is 2.20. The van der Waals surface area contributed by atoms with Crippen LogP contribution in [0.3, 0.4) is 0 Å². The Kier molecular flexibility index (Phi) is 0.499. The van der Waals surface area contributed by atoms with Crippen molar-refractivity contribution in [2.75, 3.05) is 0 Å². The molecule has 0 bridgehead atoms. The van der Waals surface area contributed by atoms with Crippen LogP contribution in [0.15, 0.2) is 0 Å². The van der Waals surface area contributed by atoms with E-state index in [9.17, 15) is 0 Å². The lowest BCUT2D eigenvalue weighted by Gasteiger charge is -1.66. The minimum absolute atomic E-state index is 0.551. The maximum atomic E-state index is 5.37. The largest absolute Gasteiger partial charge is 0.0746 e. The summed E-state index contributed by atoms with van der Waals surface area (Å²) in [5.41, 5.74) is 0. The SMILES string of the molecule is [B]C1CC1C. The summed E-state index contributed by atoms with van der Waals surface area (Å²) >= 11 is 0. The van der Waals surface area contributed by atoms with Gasteiger partial charge in [0, 0.05) is 0 Å². The Morgan fingerprint density at radius 1 is 1.80 bits per heavy atom. The highest BCUT2D eigenvalue weighted by Crippen LogP contribution is 2.40. The van der Waals surface area contributed by atoms with E-state index in [1.807, 2.05) is 0 Å². The molecule has 0 nitrogen and oxygen atoms in total. The molecule has 0 aromatic heterocycles. The standard InChI is InChI=1S/C4H7B/c1-3-2-4(3)5/h3-4H,2H2,1H3. The second kappa shape index (κ2) is 0.765. The van der Waals surface area contributed by atoms with Gasteiger partial charge in [-0.05, 0) is 5.92 Å². The second-order valence-corrected chi connectivity index (χ2v) is 1.88. The Hall–Kier alpha value is 0.0649. The normalized spacial score (nSPS) is 49.0. The van der Waals surface area contributed by atoms with Crippen LogP contribution in [-0.4, -0.2) is 7.85 Å². The van der Waals surface area contributed by atoms with Gasteiger partial charge in [0.05, 0.1) is 7.85 Å². The highest BCUT2D eigenvalue weighted by atomic mass is 14.3. The minimum atomic E-state index is 0.551. The zero-order valence-electron chi connectivity index (χ0n) is 3.44. The molecule has 0 amide bonds. The molecule has 1 fully saturated rings. The molecule has 0 N–H and O–H groups in total. The van der Waals surface area contributed by atoms with Crippen molar-refractivity contribution < 1.29 is 0 Å². The highest BCUT2D eigenvalue weighted by Gasteiger charge is 2.25. The Morgan fingerprint density at radius 2 is 2.00 bits per heavy atom. The summed E-state index contributed by atoms with van der Waals surface area (Å²) < 4.78 is 0. The summed E-state index contributed by atoms with van der Waals surface area (Å²) in [4.78, 5) is 0. The molecule has 2 unspecified atom stereocenters. The molecular weight excluding hydrogens is 58.9 g/mol. The predicted octanol–water partition coefficient (Wildman–Crippen LogP) is 0.983. The Morgan fingerprint density at radius 3 is 2.00 bits per heavy atom. The number of hydrogen-bond acceptors (Lipinski definition) is 0. The van der Waals surface area contributed by atoms with Crippen molar-refractivity contribution in [1.29, 1.82) is 0 Å². The van der Waals surface area contributed by atoms with Crippen molar-refractivity contribution in [3.63, 3.8) is 0 Å². The monoisotopic (exact) mass is 66.1 g/mol. The van der Waals surface area contributed by atoms with Crippen LogP contribution in [-0.2, 0) is 0 Å². The lowest BCUT2D eigenvalue weighted by Crippen LogP contribution is -1.59. The van der Waals surface area contributed by atoms with Gasteiger partial charge in [0.25, 0.3) is 0 Å². The first-order valence-corrected chi connectivity index (χ1v) is 2.06. The van der Waals surface area contributed by atoms with E-state index in [1.54, 1.807) is 0 Å². The zero-order valence-corrected chi connectivity index (χ0v) is 3.44. The van der Waals surface area contributed by atoms with Crippen molar-refractivity contribution in [1.82, 2.24) is 0 Å². The molecule has 0 aromatic rings. The molecule has 0 aliphatic heterocycles. The van der Waals surface area contributed by atoms with Crippen LogP contribution in [0.4, 0.5) is 0 Å². The van der Waals surface area contributed by atoms with Gasteiger partial charge in [0.1, 0.15) is 0 Å². The van der Waals surface area contributed by atoms with Gasteiger partial charge in [-0.2, -0.15) is 0 Å². The summed E-state index contributed by atoms with van der Waals surface area (Å²) in [6.45, 7) is 2.17. The molecule has 0 spiro atoms. The van der Waals surface area contributed by atoms with Crippen molar-refractivity contribution in [2.45, 2.75) is 19.2 Å². The molecule has 0 saturated heterocycles. The third kappa shape index (κ3) is 0.471. The average molecular weight is 65.9 g/mol. The van der Waals surface area contributed by atoms with E-state index in [0.29, 0.717) is 5.82 Å². The summed E-state index contributed by atoms with van der Waals surface area (Å²) in [6.07, 6.45) is 1.25. The third-order valence-electron chi connectivity index (χ3n) is 1.17. The van der Waals surface area contributed by atoms with Gasteiger partial charge in [-0.1, -0.05) is 19.2 Å². The smallest absolute Gasteiger partial charge is 0.0703 e. The molecule has 2 atom stereocenters. The van der Waals surface area contributed by atoms with Crippen LogP contribution < -0.4 is 0 Å². The fourth-order valence-corrected chi connectivity index (χ4v) is 0.351. The number of rotatable bonds is 0. The van der Waals surface area contributed by atoms with E-state index in [2.05, 4.69) is 6.92 Å². The maximum Gasteiger partial charge on any atom is 0.0703 e. The van der Waals surface area contributed by atoms with E-state index in [4.69, 9.17) is 7.85 Å². The van der Waals surface area contributed by atoms with Crippen molar-refractivity contribution in [3.05, 3.63) is 0 Å². The van der Waals surface area contributed by atoms with Crippen molar-refractivity contribution in [2.24, 2.45) is 5.92 Å². The molecule has 0 aromatic carbocycles. The van der Waals surface area contributed by atoms with Crippen LogP contribution in [0.25, 0.3) is 0 Å². The Labute approximate surface area is 34.0 Å². The van der Waals surface area contributed by atoms with Gasteiger partial charge >= 0.3 is 0 Å². The van der Waals surface area contributed by atoms with Gasteiger partial charge in [0.15, 0.2) is 0 Å². The molecule has 26 valence electrons. The van der Waals surface area contributed by atoms with Crippen LogP contribution in [0.2, 0.25) is 5.82 Å². The fraction of sp³-hybridized carbons (Fsp3) is 1.00. The van der Waals surface area contributed by atoms with Gasteiger partial charge in [-0.25, -0.2) is 0 Å². The molecule has 1 aliphatic carbocycles. The summed E-state index contributed by atoms with van der Waals surface area (Å²) in [6, 6.07) is 0. The molecule has 1 saturated carbocycles. The average Bonchev–Trinajstić information content (AvgIpc) is 1.79. The third-order valence-corrected chi connectivity index (χ3v) is 1.17. The molecule has 0 heterocycles. The summed E-state index contributed by atoms with van der Waals surface area (Å²) in [7, 11) is 5.37. The first kappa shape index (κ1) is 3.26. The molecule has 2 radical (unpaired) electrons. The fourth-order valence-electron chi connectivity index (χ4n) is 0.351. The highest BCUT2D eigenvalue weighted by molar-refractivity contribution is 6.13. The quantitative estimate of drug-likeness (QED) is 0.370. The predicted molar refractivity (Wildman–Crippen MR) is 23.3 cm³/mol. The van der Waals surface area contributed by atoms with E-state index in [1.165, 1.54) is 6.42 Å². The first-order valence-electron chi connectivity index (χ1n) is 2.06. The zero-order chi connectivity index (χ0) is 3.86. The van der Waals surface area contributed by atoms with E-state index >= 15 is 0 Å². The van der Waals surface area contributed by atoms with Gasteiger partial charge in [-0.3, -0.25) is 0 Å². The molecule has 1 aliphatic rings. The molecule has 1 rings (SSSR count). The van der Waals surface area contributed by atoms with E-state index in [-0.39, 0.29) is 0 Å². The minimum Gasteiger partial charge on any atom is -0.0746 e. The topological polar surface area (TPSA) is 0 Å². The maximum absolute atomic E-state index is 5.37. The van der Waals surface area contributed by atoms with Gasteiger partial charge in [-0.15, -0.1) is 0 Å². The van der Waals surface area contributed by atoms with Crippen LogP contribution in [0.1, 0.15) is 13.3 Å². The van der Waals surface area contributed by atoms with Crippen LogP contribution >= 0.6 is 0 Å². The molecular formula is C4H7B. The number of hydrogen-bond donors (Lipinski definition) is 0. The van der Waals surface area contributed by atoms with E-state index in [0.717, 1.165) is 5.92 Å². The van der Waals surface area contributed by atoms with Crippen LogP contribution in [0.5, 0.6) is 0 Å². The first-order chi connectivity index (χ1) is 2.30. The lowest BCUT2D eigenvalue weighted by molar-refractivity contribution is 0.981. The van der Waals surface area contributed by atoms with Crippen molar-refractivity contribution in [3.8, 4) is 0 Å². The second-order valence-electron chi connectivity index (χ2n) is 1.88.